The van der Waals surface area contributed by atoms with E-state index in [0.29, 0.717) is 47.6 Å². The zero-order chi connectivity index (χ0) is 23.5. The van der Waals surface area contributed by atoms with Gasteiger partial charge in [-0.25, -0.2) is 4.98 Å². The number of amides is 1. The summed E-state index contributed by atoms with van der Waals surface area (Å²) in [6, 6.07) is 13.9. The van der Waals surface area contributed by atoms with E-state index in [1.165, 1.54) is 0 Å². The van der Waals surface area contributed by atoms with Crippen LogP contribution in [0.1, 0.15) is 57.2 Å². The van der Waals surface area contributed by atoms with Crippen LogP contribution in [-0.4, -0.2) is 22.3 Å². The topological polar surface area (TPSA) is 42.4 Å². The summed E-state index contributed by atoms with van der Waals surface area (Å²) in [6.07, 6.45) is 2.39. The summed E-state index contributed by atoms with van der Waals surface area (Å²) in [5.41, 5.74) is 6.24. The summed E-state index contributed by atoms with van der Waals surface area (Å²) < 4.78 is 6.13. The van der Waals surface area contributed by atoms with E-state index in [1.54, 1.807) is 0 Å². The number of rotatable bonds is 7. The first-order valence-electron chi connectivity index (χ1n) is 11.3. The van der Waals surface area contributed by atoms with E-state index in [9.17, 15) is 4.79 Å². The molecule has 1 aliphatic heterocycles. The van der Waals surface area contributed by atoms with Crippen molar-refractivity contribution in [1.82, 2.24) is 9.88 Å². The van der Waals surface area contributed by atoms with E-state index in [4.69, 9.17) is 27.9 Å². The molecule has 1 aromatic heterocycles. The van der Waals surface area contributed by atoms with Gasteiger partial charge in [-0.1, -0.05) is 66.9 Å². The first-order chi connectivity index (χ1) is 15.9. The number of fused-ring (bicyclic) bond motifs is 1. The molecule has 2 heterocycles. The maximum atomic E-state index is 13.5. The Hall–Kier alpha value is -2.56. The van der Waals surface area contributed by atoms with E-state index in [1.807, 2.05) is 61.2 Å². The van der Waals surface area contributed by atoms with Crippen molar-refractivity contribution >= 4 is 29.1 Å². The van der Waals surface area contributed by atoms with Crippen molar-refractivity contribution in [2.75, 3.05) is 6.54 Å². The summed E-state index contributed by atoms with van der Waals surface area (Å²) in [5, 5.41) is 1.16. The molecule has 0 atom stereocenters. The first-order valence-corrected chi connectivity index (χ1v) is 12.1. The smallest absolute Gasteiger partial charge is 0.256 e. The fraction of sp³-hybridized carbons (Fsp3) is 0.333. The van der Waals surface area contributed by atoms with Crippen molar-refractivity contribution in [1.29, 1.82) is 0 Å². The SMILES string of the molecule is CCCc1cc(Cl)c2c(c1Cl)C(=O)N(Cc1c(C)cc(C)nc1OCc1ccccc1)CC2. The van der Waals surface area contributed by atoms with Gasteiger partial charge in [-0.2, -0.15) is 0 Å². The number of hydrogen-bond donors (Lipinski definition) is 0. The molecule has 0 bridgehead atoms. The number of carbonyl (C=O) groups excluding carboxylic acids is 1. The van der Waals surface area contributed by atoms with Gasteiger partial charge < -0.3 is 9.64 Å². The number of ether oxygens (including phenoxy) is 1. The molecule has 0 fully saturated rings. The maximum Gasteiger partial charge on any atom is 0.256 e. The average molecular weight is 483 g/mol. The number of nitrogens with zero attached hydrogens (tertiary/aromatic N) is 2. The fourth-order valence-corrected chi connectivity index (χ4v) is 5.01. The molecule has 2 aromatic carbocycles. The van der Waals surface area contributed by atoms with Crippen LogP contribution in [0.25, 0.3) is 0 Å². The second kappa shape index (κ2) is 10.1. The lowest BCUT2D eigenvalue weighted by molar-refractivity contribution is 0.0725. The van der Waals surface area contributed by atoms with E-state index in [2.05, 4.69) is 11.9 Å². The lowest BCUT2D eigenvalue weighted by atomic mass is 9.94. The van der Waals surface area contributed by atoms with Crippen molar-refractivity contribution in [3.8, 4) is 5.88 Å². The Morgan fingerprint density at radius 2 is 1.88 bits per heavy atom. The molecule has 1 aliphatic rings. The number of aromatic nitrogens is 1. The largest absolute Gasteiger partial charge is 0.473 e. The number of pyridine rings is 1. The summed E-state index contributed by atoms with van der Waals surface area (Å²) in [4.78, 5) is 20.0. The molecule has 1 amide bonds. The third-order valence-electron chi connectivity index (χ3n) is 6.05. The van der Waals surface area contributed by atoms with E-state index < -0.39 is 0 Å². The van der Waals surface area contributed by atoms with E-state index in [-0.39, 0.29) is 5.91 Å². The number of benzene rings is 2. The molecule has 0 saturated heterocycles. The molecule has 3 aromatic rings. The second-order valence-corrected chi connectivity index (χ2v) is 9.34. The highest BCUT2D eigenvalue weighted by atomic mass is 35.5. The van der Waals surface area contributed by atoms with Gasteiger partial charge in [0, 0.05) is 22.8 Å². The van der Waals surface area contributed by atoms with Gasteiger partial charge in [-0.05, 0) is 61.1 Å². The Morgan fingerprint density at radius 1 is 1.12 bits per heavy atom. The molecular weight excluding hydrogens is 455 g/mol. The van der Waals surface area contributed by atoms with Crippen molar-refractivity contribution in [3.05, 3.63) is 91.6 Å². The fourth-order valence-electron chi connectivity index (χ4n) is 4.35. The van der Waals surface area contributed by atoms with Crippen LogP contribution in [0.2, 0.25) is 10.0 Å². The molecule has 6 heteroatoms. The Balaban J connectivity index is 1.63. The Morgan fingerprint density at radius 3 is 2.61 bits per heavy atom. The normalized spacial score (nSPS) is 13.2. The Labute approximate surface area is 205 Å². The number of halogens is 2. The molecule has 4 nitrogen and oxygen atoms in total. The van der Waals surface area contributed by atoms with Gasteiger partial charge in [0.15, 0.2) is 0 Å². The quantitative estimate of drug-likeness (QED) is 0.374. The summed E-state index contributed by atoms with van der Waals surface area (Å²) in [7, 11) is 0. The molecular formula is C27H28Cl2N2O2. The van der Waals surface area contributed by atoms with Crippen LogP contribution in [0.5, 0.6) is 5.88 Å². The molecule has 0 radical (unpaired) electrons. The van der Waals surface area contributed by atoms with E-state index in [0.717, 1.165) is 46.4 Å². The Bertz CT molecular complexity index is 1180. The van der Waals surface area contributed by atoms with Gasteiger partial charge in [-0.3, -0.25) is 4.79 Å². The van der Waals surface area contributed by atoms with Crippen molar-refractivity contribution in [2.24, 2.45) is 0 Å². The lowest BCUT2D eigenvalue weighted by Gasteiger charge is -2.31. The van der Waals surface area contributed by atoms with Crippen LogP contribution in [0.3, 0.4) is 0 Å². The second-order valence-electron chi connectivity index (χ2n) is 8.55. The summed E-state index contributed by atoms with van der Waals surface area (Å²) in [5.74, 6) is 0.480. The van der Waals surface area contributed by atoms with E-state index >= 15 is 0 Å². The molecule has 0 aliphatic carbocycles. The first kappa shape index (κ1) is 23.6. The number of aryl methyl sites for hydroxylation is 3. The molecule has 0 unspecified atom stereocenters. The molecule has 0 spiro atoms. The standard InChI is InChI=1S/C27H28Cl2N2O2/c1-4-8-20-14-23(28)21-11-12-31(27(32)24(21)25(20)29)15-22-17(2)13-18(3)30-26(22)33-16-19-9-6-5-7-10-19/h5-7,9-10,13-14H,4,8,11-12,15-16H2,1-3H3. The van der Waals surface area contributed by atoms with Crippen LogP contribution in [0.4, 0.5) is 0 Å². The predicted octanol–water partition coefficient (Wildman–Crippen LogP) is 6.74. The average Bonchev–Trinajstić information content (AvgIpc) is 2.79. The highest BCUT2D eigenvalue weighted by Crippen LogP contribution is 2.36. The molecule has 4 rings (SSSR count). The third-order valence-corrected chi connectivity index (χ3v) is 6.82. The van der Waals surface area contributed by atoms with Gasteiger partial charge >= 0.3 is 0 Å². The third kappa shape index (κ3) is 5.02. The van der Waals surface area contributed by atoms with Crippen LogP contribution >= 0.6 is 23.2 Å². The summed E-state index contributed by atoms with van der Waals surface area (Å²) in [6.45, 7) is 7.47. The predicted molar refractivity (Wildman–Crippen MR) is 133 cm³/mol. The van der Waals surface area contributed by atoms with Crippen molar-refractivity contribution in [2.45, 2.75) is 53.2 Å². The minimum atomic E-state index is -0.0879. The van der Waals surface area contributed by atoms with Crippen LogP contribution in [-0.2, 0) is 26.0 Å². The van der Waals surface area contributed by atoms with Crippen LogP contribution in [0.15, 0.2) is 42.5 Å². The minimum absolute atomic E-state index is 0.0879. The van der Waals surface area contributed by atoms with Gasteiger partial charge in [0.1, 0.15) is 6.61 Å². The Kier molecular flexibility index (Phi) is 7.26. The van der Waals surface area contributed by atoms with Gasteiger partial charge in [0.2, 0.25) is 5.88 Å². The monoisotopic (exact) mass is 482 g/mol. The highest BCUT2D eigenvalue weighted by Gasteiger charge is 2.31. The zero-order valence-corrected chi connectivity index (χ0v) is 20.8. The van der Waals surface area contributed by atoms with Gasteiger partial charge in [0.25, 0.3) is 5.91 Å². The summed E-state index contributed by atoms with van der Waals surface area (Å²) >= 11 is 13.2. The van der Waals surface area contributed by atoms with Crippen molar-refractivity contribution < 1.29 is 9.53 Å². The molecule has 172 valence electrons. The maximum absolute atomic E-state index is 13.5. The molecule has 0 N–H and O–H groups in total. The lowest BCUT2D eigenvalue weighted by Crippen LogP contribution is -2.38. The minimum Gasteiger partial charge on any atom is -0.473 e. The number of hydrogen-bond acceptors (Lipinski definition) is 3. The van der Waals surface area contributed by atoms with Crippen LogP contribution < -0.4 is 4.74 Å². The number of carbonyl (C=O) groups is 1. The van der Waals surface area contributed by atoms with Crippen molar-refractivity contribution in [3.63, 3.8) is 0 Å². The highest BCUT2D eigenvalue weighted by molar-refractivity contribution is 6.37. The zero-order valence-electron chi connectivity index (χ0n) is 19.3. The molecule has 0 saturated carbocycles. The van der Waals surface area contributed by atoms with Gasteiger partial charge in [0.05, 0.1) is 17.1 Å². The van der Waals surface area contributed by atoms with Crippen LogP contribution in [0, 0.1) is 13.8 Å². The molecule has 33 heavy (non-hydrogen) atoms. The van der Waals surface area contributed by atoms with Gasteiger partial charge in [-0.15, -0.1) is 0 Å².